The molecule has 6 heteroatoms. The van der Waals surface area contributed by atoms with Crippen molar-refractivity contribution in [3.63, 3.8) is 0 Å². The van der Waals surface area contributed by atoms with E-state index in [2.05, 4.69) is 23.7 Å². The van der Waals surface area contributed by atoms with Crippen LogP contribution in [-0.2, 0) is 6.42 Å². The van der Waals surface area contributed by atoms with Crippen molar-refractivity contribution in [2.75, 3.05) is 19.9 Å². The molecule has 0 spiro atoms. The number of nitrogens with zero attached hydrogens (tertiary/aromatic N) is 2. The van der Waals surface area contributed by atoms with Crippen molar-refractivity contribution in [1.82, 2.24) is 9.88 Å². The fourth-order valence-electron chi connectivity index (χ4n) is 3.03. The van der Waals surface area contributed by atoms with Crippen LogP contribution in [0.25, 0.3) is 10.6 Å². The Morgan fingerprint density at radius 3 is 2.82 bits per heavy atom. The molecule has 1 aliphatic heterocycles. The second kappa shape index (κ2) is 8.27. The maximum absolute atomic E-state index is 13.0. The van der Waals surface area contributed by atoms with E-state index in [1.54, 1.807) is 17.2 Å². The van der Waals surface area contributed by atoms with E-state index in [0.717, 1.165) is 22.7 Å². The minimum absolute atomic E-state index is 0.0275. The highest BCUT2D eigenvalue weighted by molar-refractivity contribution is 7.16. The molecule has 142 valence electrons. The van der Waals surface area contributed by atoms with Gasteiger partial charge in [-0.2, -0.15) is 0 Å². The molecule has 0 unspecified atom stereocenters. The highest BCUT2D eigenvalue weighted by Gasteiger charge is 2.20. The molecule has 0 N–H and O–H groups in total. The number of hydrogen-bond acceptors (Lipinski definition) is 5. The van der Waals surface area contributed by atoms with Crippen molar-refractivity contribution < 1.29 is 14.3 Å². The van der Waals surface area contributed by atoms with Crippen LogP contribution in [0, 0.1) is 0 Å². The minimum atomic E-state index is -0.0275. The Bertz CT molecular complexity index is 984. The quantitative estimate of drug-likeness (QED) is 0.559. The van der Waals surface area contributed by atoms with Crippen LogP contribution in [0.15, 0.2) is 67.4 Å². The zero-order valence-electron chi connectivity index (χ0n) is 15.3. The minimum Gasteiger partial charge on any atom is -0.454 e. The van der Waals surface area contributed by atoms with Crippen molar-refractivity contribution >= 4 is 17.2 Å². The highest BCUT2D eigenvalue weighted by atomic mass is 32.1. The number of hydrogen-bond donors (Lipinski definition) is 0. The van der Waals surface area contributed by atoms with Crippen LogP contribution in [0.4, 0.5) is 0 Å². The summed E-state index contributed by atoms with van der Waals surface area (Å²) in [6.45, 7) is 5.15. The van der Waals surface area contributed by atoms with Crippen molar-refractivity contribution in [3.05, 3.63) is 77.8 Å². The summed E-state index contributed by atoms with van der Waals surface area (Å²) in [4.78, 5) is 19.9. The molecule has 0 bridgehead atoms. The fraction of sp³-hybridized carbons (Fsp3) is 0.182. The molecule has 28 heavy (non-hydrogen) atoms. The van der Waals surface area contributed by atoms with Crippen LogP contribution >= 0.6 is 11.3 Å². The molecule has 2 heterocycles. The first-order chi connectivity index (χ1) is 13.7. The first kappa shape index (κ1) is 18.3. The van der Waals surface area contributed by atoms with E-state index in [9.17, 15) is 4.79 Å². The molecule has 0 saturated heterocycles. The van der Waals surface area contributed by atoms with Crippen LogP contribution in [0.1, 0.15) is 15.2 Å². The Hall–Kier alpha value is -3.12. The van der Waals surface area contributed by atoms with Crippen molar-refractivity contribution in [1.29, 1.82) is 0 Å². The van der Waals surface area contributed by atoms with Gasteiger partial charge in [0, 0.05) is 18.7 Å². The average Bonchev–Trinajstić information content (AvgIpc) is 3.40. The summed E-state index contributed by atoms with van der Waals surface area (Å²) in [6.07, 6.45) is 4.20. The lowest BCUT2D eigenvalue weighted by atomic mass is 10.1. The van der Waals surface area contributed by atoms with Gasteiger partial charge in [-0.25, -0.2) is 4.98 Å². The Labute approximate surface area is 167 Å². The normalized spacial score (nSPS) is 12.0. The van der Waals surface area contributed by atoms with E-state index in [0.29, 0.717) is 23.7 Å². The second-order valence-corrected chi connectivity index (χ2v) is 7.40. The third-order valence-corrected chi connectivity index (χ3v) is 5.52. The molecule has 5 nitrogen and oxygen atoms in total. The van der Waals surface area contributed by atoms with E-state index >= 15 is 0 Å². The number of thiazole rings is 1. The molecule has 0 radical (unpaired) electrons. The summed E-state index contributed by atoms with van der Waals surface area (Å²) in [7, 11) is 0. The van der Waals surface area contributed by atoms with E-state index in [4.69, 9.17) is 9.47 Å². The van der Waals surface area contributed by atoms with Crippen LogP contribution < -0.4 is 9.47 Å². The molecular formula is C22H20N2O3S. The van der Waals surface area contributed by atoms with Gasteiger partial charge in [-0.05, 0) is 30.2 Å². The summed E-state index contributed by atoms with van der Waals surface area (Å²) in [5.74, 6) is 1.41. The molecule has 1 aromatic heterocycles. The van der Waals surface area contributed by atoms with E-state index in [1.807, 2.05) is 36.4 Å². The molecule has 0 saturated carbocycles. The number of rotatable bonds is 7. The fourth-order valence-corrected chi connectivity index (χ4v) is 3.91. The van der Waals surface area contributed by atoms with Gasteiger partial charge in [-0.3, -0.25) is 4.79 Å². The van der Waals surface area contributed by atoms with Crippen molar-refractivity contribution in [3.8, 4) is 22.1 Å². The third kappa shape index (κ3) is 3.92. The van der Waals surface area contributed by atoms with Crippen LogP contribution in [0.3, 0.4) is 0 Å². The number of benzene rings is 2. The average molecular weight is 392 g/mol. The van der Waals surface area contributed by atoms with E-state index in [-0.39, 0.29) is 12.7 Å². The van der Waals surface area contributed by atoms with Gasteiger partial charge in [0.1, 0.15) is 9.88 Å². The van der Waals surface area contributed by atoms with Gasteiger partial charge in [-0.1, -0.05) is 36.4 Å². The lowest BCUT2D eigenvalue weighted by Crippen LogP contribution is -2.32. The van der Waals surface area contributed by atoms with Gasteiger partial charge in [0.15, 0.2) is 11.5 Å². The molecule has 1 amide bonds. The third-order valence-electron chi connectivity index (χ3n) is 4.49. The number of amides is 1. The molecule has 0 fully saturated rings. The number of aromatic nitrogens is 1. The molecule has 4 rings (SSSR count). The number of fused-ring (bicyclic) bond motifs is 1. The molecular weight excluding hydrogens is 372 g/mol. The first-order valence-corrected chi connectivity index (χ1v) is 9.86. The molecule has 1 aliphatic rings. The van der Waals surface area contributed by atoms with Crippen LogP contribution in [0.5, 0.6) is 11.5 Å². The van der Waals surface area contributed by atoms with Gasteiger partial charge in [0.25, 0.3) is 5.91 Å². The molecule has 0 atom stereocenters. The van der Waals surface area contributed by atoms with Gasteiger partial charge < -0.3 is 14.4 Å². The predicted molar refractivity (Wildman–Crippen MR) is 110 cm³/mol. The predicted octanol–water partition coefficient (Wildman–Crippen LogP) is 4.41. The Kier molecular flexibility index (Phi) is 5.39. The SMILES string of the molecule is C=CCN(CCc1ccccc1)C(=O)c1cnc(-c2ccc3c(c2)OCO3)s1. The highest BCUT2D eigenvalue weighted by Crippen LogP contribution is 2.37. The number of carbonyl (C=O) groups excluding carboxylic acids is 1. The van der Waals surface area contributed by atoms with Crippen molar-refractivity contribution in [2.24, 2.45) is 0 Å². The van der Waals surface area contributed by atoms with Gasteiger partial charge in [0.05, 0.1) is 6.20 Å². The lowest BCUT2D eigenvalue weighted by molar-refractivity contribution is 0.0780. The maximum Gasteiger partial charge on any atom is 0.265 e. The second-order valence-electron chi connectivity index (χ2n) is 6.37. The maximum atomic E-state index is 13.0. The zero-order valence-corrected chi connectivity index (χ0v) is 16.2. The Morgan fingerprint density at radius 2 is 2.00 bits per heavy atom. The Morgan fingerprint density at radius 1 is 1.18 bits per heavy atom. The standard InChI is InChI=1S/C22H20N2O3S/c1-2-11-24(12-10-16-6-4-3-5-7-16)22(25)20-14-23-21(28-20)17-8-9-18-19(13-17)27-15-26-18/h2-9,13-14H,1,10-12,15H2. The summed E-state index contributed by atoms with van der Waals surface area (Å²) in [5, 5.41) is 0.781. The zero-order chi connectivity index (χ0) is 19.3. The van der Waals surface area contributed by atoms with Crippen molar-refractivity contribution in [2.45, 2.75) is 6.42 Å². The van der Waals surface area contributed by atoms with Gasteiger partial charge in [-0.15, -0.1) is 17.9 Å². The van der Waals surface area contributed by atoms with Gasteiger partial charge >= 0.3 is 0 Å². The molecule has 2 aromatic carbocycles. The molecule has 3 aromatic rings. The first-order valence-electron chi connectivity index (χ1n) is 9.04. The lowest BCUT2D eigenvalue weighted by Gasteiger charge is -2.20. The number of carbonyl (C=O) groups is 1. The smallest absolute Gasteiger partial charge is 0.265 e. The molecule has 0 aliphatic carbocycles. The Balaban J connectivity index is 1.49. The van der Waals surface area contributed by atoms with Crippen LogP contribution in [-0.4, -0.2) is 35.7 Å². The van der Waals surface area contributed by atoms with Crippen LogP contribution in [0.2, 0.25) is 0 Å². The van der Waals surface area contributed by atoms with Gasteiger partial charge in [0.2, 0.25) is 6.79 Å². The summed E-state index contributed by atoms with van der Waals surface area (Å²) in [6, 6.07) is 15.8. The summed E-state index contributed by atoms with van der Waals surface area (Å²) >= 11 is 1.38. The largest absolute Gasteiger partial charge is 0.454 e. The number of ether oxygens (including phenoxy) is 2. The van der Waals surface area contributed by atoms with E-state index < -0.39 is 0 Å². The summed E-state index contributed by atoms with van der Waals surface area (Å²) < 4.78 is 10.8. The topological polar surface area (TPSA) is 51.7 Å². The summed E-state index contributed by atoms with van der Waals surface area (Å²) in [5.41, 5.74) is 2.11. The van der Waals surface area contributed by atoms with E-state index in [1.165, 1.54) is 16.9 Å². The monoisotopic (exact) mass is 392 g/mol.